The van der Waals surface area contributed by atoms with Gasteiger partial charge in [0, 0.05) is 0 Å². The van der Waals surface area contributed by atoms with Crippen LogP contribution in [0.4, 0.5) is 0 Å². The van der Waals surface area contributed by atoms with E-state index < -0.39 is 11.5 Å². The van der Waals surface area contributed by atoms with Crippen LogP contribution in [0.2, 0.25) is 0 Å². The maximum Gasteiger partial charge on any atom is 0.329 e. The molecule has 0 radical (unpaired) electrons. The number of hydrogen-bond donors (Lipinski definition) is 3. The summed E-state index contributed by atoms with van der Waals surface area (Å²) in [7, 11) is 0. The maximum atomic E-state index is 12.0. The standard InChI is InChI=1S/C15H26N2O4/c1-11-2-6-15(7-3-11,14(19)20)17-13(18)10-21-12-4-8-16-9-5-12/h11-12,16H,2-10H2,1H3,(H,17,18)(H,19,20). The van der Waals surface area contributed by atoms with Crippen LogP contribution < -0.4 is 10.6 Å². The Bertz CT molecular complexity index is 372. The Morgan fingerprint density at radius 1 is 1.24 bits per heavy atom. The van der Waals surface area contributed by atoms with Crippen molar-refractivity contribution in [3.63, 3.8) is 0 Å². The molecule has 0 bridgehead atoms. The minimum Gasteiger partial charge on any atom is -0.480 e. The van der Waals surface area contributed by atoms with Crippen molar-refractivity contribution >= 4 is 11.9 Å². The van der Waals surface area contributed by atoms with Crippen LogP contribution >= 0.6 is 0 Å². The van der Waals surface area contributed by atoms with Gasteiger partial charge in [-0.05, 0) is 57.5 Å². The second kappa shape index (κ2) is 7.22. The molecule has 0 spiro atoms. The molecule has 6 heteroatoms. The van der Waals surface area contributed by atoms with E-state index in [0.29, 0.717) is 18.8 Å². The molecule has 1 aliphatic heterocycles. The summed E-state index contributed by atoms with van der Waals surface area (Å²) in [5.74, 6) is -0.713. The van der Waals surface area contributed by atoms with E-state index in [-0.39, 0.29) is 18.6 Å². The van der Waals surface area contributed by atoms with Gasteiger partial charge in [0.1, 0.15) is 12.1 Å². The molecule has 1 heterocycles. The first-order valence-corrected chi connectivity index (χ1v) is 7.88. The number of ether oxygens (including phenoxy) is 1. The van der Waals surface area contributed by atoms with Crippen molar-refractivity contribution in [1.82, 2.24) is 10.6 Å². The monoisotopic (exact) mass is 298 g/mol. The average Bonchev–Trinajstić information content (AvgIpc) is 2.48. The molecule has 2 aliphatic rings. The quantitative estimate of drug-likeness (QED) is 0.702. The second-order valence-electron chi connectivity index (χ2n) is 6.38. The van der Waals surface area contributed by atoms with Gasteiger partial charge in [-0.25, -0.2) is 4.79 Å². The van der Waals surface area contributed by atoms with Gasteiger partial charge >= 0.3 is 5.97 Å². The van der Waals surface area contributed by atoms with Gasteiger partial charge in [-0.1, -0.05) is 6.92 Å². The summed E-state index contributed by atoms with van der Waals surface area (Å²) in [6.45, 7) is 3.88. The number of carboxylic acids is 1. The molecule has 3 N–H and O–H groups in total. The highest BCUT2D eigenvalue weighted by molar-refractivity contribution is 5.87. The molecular weight excluding hydrogens is 272 g/mol. The first-order valence-electron chi connectivity index (χ1n) is 7.88. The predicted octanol–water partition coefficient (Wildman–Crippen LogP) is 0.905. The summed E-state index contributed by atoms with van der Waals surface area (Å²) < 4.78 is 5.59. The Kier molecular flexibility index (Phi) is 5.58. The van der Waals surface area contributed by atoms with E-state index in [1.54, 1.807) is 0 Å². The molecule has 0 unspecified atom stereocenters. The van der Waals surface area contributed by atoms with Crippen LogP contribution in [-0.2, 0) is 14.3 Å². The SMILES string of the molecule is CC1CCC(NC(=O)COC2CCNCC2)(C(=O)O)CC1. The van der Waals surface area contributed by atoms with Crippen molar-refractivity contribution in [2.75, 3.05) is 19.7 Å². The number of rotatable bonds is 5. The van der Waals surface area contributed by atoms with Gasteiger partial charge in [-0.3, -0.25) is 4.79 Å². The summed E-state index contributed by atoms with van der Waals surface area (Å²) in [6.07, 6.45) is 4.57. The van der Waals surface area contributed by atoms with Crippen molar-refractivity contribution in [3.05, 3.63) is 0 Å². The van der Waals surface area contributed by atoms with Gasteiger partial charge in [0.25, 0.3) is 0 Å². The third kappa shape index (κ3) is 4.41. The smallest absolute Gasteiger partial charge is 0.329 e. The molecule has 21 heavy (non-hydrogen) atoms. The molecule has 2 rings (SSSR count). The van der Waals surface area contributed by atoms with Crippen molar-refractivity contribution in [2.45, 2.75) is 57.1 Å². The van der Waals surface area contributed by atoms with Crippen molar-refractivity contribution in [2.24, 2.45) is 5.92 Å². The van der Waals surface area contributed by atoms with Gasteiger partial charge in [-0.15, -0.1) is 0 Å². The van der Waals surface area contributed by atoms with E-state index in [1.807, 2.05) is 0 Å². The molecule has 0 aromatic carbocycles. The average molecular weight is 298 g/mol. The fourth-order valence-electron chi connectivity index (χ4n) is 3.11. The molecule has 120 valence electrons. The molecule has 2 fully saturated rings. The van der Waals surface area contributed by atoms with Crippen LogP contribution in [0.3, 0.4) is 0 Å². The highest BCUT2D eigenvalue weighted by Gasteiger charge is 2.42. The lowest BCUT2D eigenvalue weighted by Gasteiger charge is -2.36. The van der Waals surface area contributed by atoms with Crippen LogP contribution in [-0.4, -0.2) is 48.3 Å². The number of hydrogen-bond acceptors (Lipinski definition) is 4. The first-order chi connectivity index (χ1) is 10.0. The number of carbonyl (C=O) groups excluding carboxylic acids is 1. The molecule has 0 aromatic heterocycles. The number of piperidine rings is 1. The number of carboxylic acid groups (broad SMARTS) is 1. The topological polar surface area (TPSA) is 87.7 Å². The van der Waals surface area contributed by atoms with Crippen molar-refractivity contribution in [3.8, 4) is 0 Å². The van der Waals surface area contributed by atoms with Crippen molar-refractivity contribution in [1.29, 1.82) is 0 Å². The van der Waals surface area contributed by atoms with Gasteiger partial charge in [0.15, 0.2) is 0 Å². The van der Waals surface area contributed by atoms with E-state index >= 15 is 0 Å². The summed E-state index contributed by atoms with van der Waals surface area (Å²) in [4.78, 5) is 23.6. The van der Waals surface area contributed by atoms with Gasteiger partial charge < -0.3 is 20.5 Å². The van der Waals surface area contributed by atoms with Crippen LogP contribution in [0, 0.1) is 5.92 Å². The normalized spacial score (nSPS) is 30.8. The number of nitrogens with one attached hydrogen (secondary N) is 2. The Morgan fingerprint density at radius 3 is 2.43 bits per heavy atom. The minimum absolute atomic E-state index is 0.0464. The molecule has 1 aliphatic carbocycles. The molecule has 0 aromatic rings. The summed E-state index contributed by atoms with van der Waals surface area (Å²) >= 11 is 0. The predicted molar refractivity (Wildman–Crippen MR) is 78.0 cm³/mol. The van der Waals surface area contributed by atoms with E-state index in [9.17, 15) is 14.7 Å². The number of aliphatic carboxylic acids is 1. The highest BCUT2D eigenvalue weighted by Crippen LogP contribution is 2.32. The summed E-state index contributed by atoms with van der Waals surface area (Å²) in [6, 6.07) is 0. The zero-order valence-corrected chi connectivity index (χ0v) is 12.7. The molecule has 1 saturated heterocycles. The van der Waals surface area contributed by atoms with E-state index in [4.69, 9.17) is 4.74 Å². The Morgan fingerprint density at radius 2 is 1.86 bits per heavy atom. The second-order valence-corrected chi connectivity index (χ2v) is 6.38. The summed E-state index contributed by atoms with van der Waals surface area (Å²) in [5, 5.41) is 15.4. The van der Waals surface area contributed by atoms with Crippen LogP contribution in [0.5, 0.6) is 0 Å². The Hall–Kier alpha value is -1.14. The van der Waals surface area contributed by atoms with Crippen molar-refractivity contribution < 1.29 is 19.4 Å². The van der Waals surface area contributed by atoms with Crippen LogP contribution in [0.15, 0.2) is 0 Å². The van der Waals surface area contributed by atoms with E-state index in [1.165, 1.54) is 0 Å². The Labute approximate surface area is 125 Å². The molecule has 1 saturated carbocycles. The van der Waals surface area contributed by atoms with Crippen LogP contribution in [0.25, 0.3) is 0 Å². The molecule has 6 nitrogen and oxygen atoms in total. The van der Waals surface area contributed by atoms with Gasteiger partial charge in [0.05, 0.1) is 6.10 Å². The molecule has 1 amide bonds. The number of amides is 1. The largest absolute Gasteiger partial charge is 0.480 e. The zero-order valence-electron chi connectivity index (χ0n) is 12.7. The lowest BCUT2D eigenvalue weighted by molar-refractivity contribution is -0.150. The third-order valence-electron chi connectivity index (χ3n) is 4.65. The lowest BCUT2D eigenvalue weighted by atomic mass is 9.77. The van der Waals surface area contributed by atoms with Gasteiger partial charge in [0.2, 0.25) is 5.91 Å². The highest BCUT2D eigenvalue weighted by atomic mass is 16.5. The molecule has 0 atom stereocenters. The van der Waals surface area contributed by atoms with Crippen LogP contribution in [0.1, 0.15) is 45.4 Å². The fourth-order valence-corrected chi connectivity index (χ4v) is 3.11. The van der Waals surface area contributed by atoms with E-state index in [0.717, 1.165) is 38.8 Å². The molecular formula is C15H26N2O4. The third-order valence-corrected chi connectivity index (χ3v) is 4.65. The minimum atomic E-state index is -1.10. The Balaban J connectivity index is 1.82. The zero-order chi connectivity index (χ0) is 15.3. The van der Waals surface area contributed by atoms with Gasteiger partial charge in [-0.2, -0.15) is 0 Å². The lowest BCUT2D eigenvalue weighted by Crippen LogP contribution is -2.57. The fraction of sp³-hybridized carbons (Fsp3) is 0.867. The maximum absolute atomic E-state index is 12.0. The number of carbonyl (C=O) groups is 2. The summed E-state index contributed by atoms with van der Waals surface area (Å²) in [5.41, 5.74) is -1.10. The first kappa shape index (κ1) is 16.2. The van der Waals surface area contributed by atoms with E-state index in [2.05, 4.69) is 17.6 Å².